The zero-order chi connectivity index (χ0) is 14.6. The maximum absolute atomic E-state index is 11.7. The minimum Gasteiger partial charge on any atom is -0.444 e. The fourth-order valence-corrected chi connectivity index (χ4v) is 3.22. The summed E-state index contributed by atoms with van der Waals surface area (Å²) in [4.78, 5) is 12.9. The monoisotopic (exact) mass is 348 g/mol. The SMILES string of the molecule is Cc1csc(CC(CN)NC(=O)OC(C)(C)C)c1Br. The lowest BCUT2D eigenvalue weighted by Crippen LogP contribution is -2.44. The Morgan fingerprint density at radius 3 is 2.63 bits per heavy atom. The molecule has 19 heavy (non-hydrogen) atoms. The molecule has 0 aromatic carbocycles. The number of alkyl carbamates (subject to hydrolysis) is 1. The number of hydrogen-bond donors (Lipinski definition) is 2. The van der Waals surface area contributed by atoms with Crippen molar-refractivity contribution in [3.05, 3.63) is 20.3 Å². The maximum Gasteiger partial charge on any atom is 0.407 e. The van der Waals surface area contributed by atoms with Gasteiger partial charge in [-0.25, -0.2) is 4.79 Å². The van der Waals surface area contributed by atoms with Crippen LogP contribution in [0.4, 0.5) is 4.79 Å². The molecule has 0 saturated carbocycles. The van der Waals surface area contributed by atoms with E-state index >= 15 is 0 Å². The first-order valence-corrected chi connectivity index (χ1v) is 7.82. The Morgan fingerprint density at radius 2 is 2.21 bits per heavy atom. The highest BCUT2D eigenvalue weighted by atomic mass is 79.9. The minimum absolute atomic E-state index is 0.121. The summed E-state index contributed by atoms with van der Waals surface area (Å²) in [7, 11) is 0. The molecule has 1 aromatic rings. The lowest BCUT2D eigenvalue weighted by Gasteiger charge is -2.22. The van der Waals surface area contributed by atoms with E-state index in [2.05, 4.69) is 26.6 Å². The summed E-state index contributed by atoms with van der Waals surface area (Å²) in [6, 6.07) is -0.121. The standard InChI is InChI=1S/C13H21BrN2O2S/c1-8-7-19-10(11(8)14)5-9(6-15)16-12(17)18-13(2,3)4/h7,9H,5-6,15H2,1-4H3,(H,16,17). The van der Waals surface area contributed by atoms with E-state index in [4.69, 9.17) is 10.5 Å². The molecule has 108 valence electrons. The Bertz CT molecular complexity index is 440. The van der Waals surface area contributed by atoms with Crippen molar-refractivity contribution in [2.75, 3.05) is 6.54 Å². The van der Waals surface area contributed by atoms with Crippen LogP contribution in [0.25, 0.3) is 0 Å². The van der Waals surface area contributed by atoms with Crippen molar-refractivity contribution in [1.29, 1.82) is 0 Å². The zero-order valence-electron chi connectivity index (χ0n) is 11.7. The molecule has 1 atom stereocenters. The van der Waals surface area contributed by atoms with E-state index in [0.717, 1.165) is 4.47 Å². The summed E-state index contributed by atoms with van der Waals surface area (Å²) in [6.07, 6.45) is 0.279. The third kappa shape index (κ3) is 5.50. The largest absolute Gasteiger partial charge is 0.444 e. The molecule has 0 radical (unpaired) electrons. The number of halogens is 1. The molecule has 0 fully saturated rings. The van der Waals surface area contributed by atoms with Gasteiger partial charge in [0.1, 0.15) is 5.60 Å². The average Bonchev–Trinajstić information content (AvgIpc) is 2.57. The van der Waals surface area contributed by atoms with Gasteiger partial charge in [-0.15, -0.1) is 11.3 Å². The molecule has 0 spiro atoms. The average molecular weight is 349 g/mol. The highest BCUT2D eigenvalue weighted by molar-refractivity contribution is 9.10. The molecule has 3 N–H and O–H groups in total. The van der Waals surface area contributed by atoms with Crippen LogP contribution >= 0.6 is 27.3 Å². The molecule has 0 aliphatic heterocycles. The van der Waals surface area contributed by atoms with Gasteiger partial charge in [-0.05, 0) is 54.6 Å². The lowest BCUT2D eigenvalue weighted by atomic mass is 10.1. The Hall–Kier alpha value is -0.590. The Balaban J connectivity index is 2.59. The zero-order valence-corrected chi connectivity index (χ0v) is 14.2. The van der Waals surface area contributed by atoms with Gasteiger partial charge in [0.15, 0.2) is 0 Å². The van der Waals surface area contributed by atoms with E-state index in [-0.39, 0.29) is 6.04 Å². The molecule has 0 aliphatic rings. The Morgan fingerprint density at radius 1 is 1.58 bits per heavy atom. The van der Waals surface area contributed by atoms with E-state index in [1.807, 2.05) is 27.7 Å². The van der Waals surface area contributed by atoms with Crippen LogP contribution in [0.3, 0.4) is 0 Å². The van der Waals surface area contributed by atoms with Gasteiger partial charge < -0.3 is 15.8 Å². The molecule has 1 unspecified atom stereocenters. The molecular formula is C13H21BrN2O2S. The topological polar surface area (TPSA) is 64.3 Å². The third-order valence-electron chi connectivity index (χ3n) is 2.41. The first-order chi connectivity index (χ1) is 8.73. The van der Waals surface area contributed by atoms with Gasteiger partial charge in [0.05, 0.1) is 0 Å². The van der Waals surface area contributed by atoms with E-state index in [0.29, 0.717) is 13.0 Å². The Kier molecular flexibility index (Phi) is 5.82. The fourth-order valence-electron chi connectivity index (χ4n) is 1.51. The molecule has 0 saturated heterocycles. The number of aryl methyl sites for hydroxylation is 1. The van der Waals surface area contributed by atoms with E-state index in [1.165, 1.54) is 10.4 Å². The predicted octanol–water partition coefficient (Wildman–Crippen LogP) is 3.21. The van der Waals surface area contributed by atoms with Crippen molar-refractivity contribution < 1.29 is 9.53 Å². The van der Waals surface area contributed by atoms with Crippen LogP contribution in [0.5, 0.6) is 0 Å². The molecule has 4 nitrogen and oxygen atoms in total. The van der Waals surface area contributed by atoms with Gasteiger partial charge in [0.2, 0.25) is 0 Å². The predicted molar refractivity (Wildman–Crippen MR) is 82.7 cm³/mol. The molecular weight excluding hydrogens is 328 g/mol. The summed E-state index contributed by atoms with van der Waals surface area (Å²) >= 11 is 5.21. The first-order valence-electron chi connectivity index (χ1n) is 6.15. The summed E-state index contributed by atoms with van der Waals surface area (Å²) in [5, 5.41) is 4.89. The van der Waals surface area contributed by atoms with Crippen LogP contribution in [-0.2, 0) is 11.2 Å². The van der Waals surface area contributed by atoms with Crippen LogP contribution in [-0.4, -0.2) is 24.3 Å². The number of carbonyl (C=O) groups is 1. The van der Waals surface area contributed by atoms with Gasteiger partial charge in [-0.1, -0.05) is 0 Å². The van der Waals surface area contributed by atoms with Crippen molar-refractivity contribution in [2.45, 2.75) is 45.8 Å². The third-order valence-corrected chi connectivity index (χ3v) is 4.90. The van der Waals surface area contributed by atoms with E-state index in [1.54, 1.807) is 11.3 Å². The van der Waals surface area contributed by atoms with Crippen LogP contribution < -0.4 is 11.1 Å². The maximum atomic E-state index is 11.7. The Labute approximate surface area is 126 Å². The highest BCUT2D eigenvalue weighted by Crippen LogP contribution is 2.28. The van der Waals surface area contributed by atoms with Gasteiger partial charge >= 0.3 is 6.09 Å². The second-order valence-electron chi connectivity index (χ2n) is 5.44. The second-order valence-corrected chi connectivity index (χ2v) is 7.20. The summed E-state index contributed by atoms with van der Waals surface area (Å²) < 4.78 is 6.33. The molecule has 0 bridgehead atoms. The molecule has 1 heterocycles. The van der Waals surface area contributed by atoms with Crippen molar-refractivity contribution in [1.82, 2.24) is 5.32 Å². The van der Waals surface area contributed by atoms with Gasteiger partial charge in [0.25, 0.3) is 0 Å². The number of nitrogens with two attached hydrogens (primary N) is 1. The van der Waals surface area contributed by atoms with Crippen LogP contribution in [0.15, 0.2) is 9.85 Å². The number of amides is 1. The summed E-state index contributed by atoms with van der Waals surface area (Å²) in [6.45, 7) is 7.93. The van der Waals surface area contributed by atoms with Gasteiger partial charge in [-0.3, -0.25) is 0 Å². The van der Waals surface area contributed by atoms with Crippen molar-refractivity contribution in [2.24, 2.45) is 5.73 Å². The summed E-state index contributed by atoms with van der Waals surface area (Å²) in [5.74, 6) is 0. The van der Waals surface area contributed by atoms with E-state index < -0.39 is 11.7 Å². The molecule has 1 amide bonds. The molecule has 1 rings (SSSR count). The minimum atomic E-state index is -0.497. The first kappa shape index (κ1) is 16.5. The number of ether oxygens (including phenoxy) is 1. The quantitative estimate of drug-likeness (QED) is 0.877. The number of carbonyl (C=O) groups excluding carboxylic acids is 1. The number of nitrogens with one attached hydrogen (secondary N) is 1. The fraction of sp³-hybridized carbons (Fsp3) is 0.615. The van der Waals surface area contributed by atoms with Crippen LogP contribution in [0, 0.1) is 6.92 Å². The smallest absolute Gasteiger partial charge is 0.407 e. The van der Waals surface area contributed by atoms with Crippen LogP contribution in [0.2, 0.25) is 0 Å². The number of thiophene rings is 1. The normalized spacial score (nSPS) is 13.2. The van der Waals surface area contributed by atoms with E-state index in [9.17, 15) is 4.79 Å². The van der Waals surface area contributed by atoms with Crippen molar-refractivity contribution in [3.63, 3.8) is 0 Å². The molecule has 1 aromatic heterocycles. The second kappa shape index (κ2) is 6.72. The highest BCUT2D eigenvalue weighted by Gasteiger charge is 2.20. The van der Waals surface area contributed by atoms with Crippen molar-refractivity contribution in [3.8, 4) is 0 Å². The number of rotatable bonds is 4. The van der Waals surface area contributed by atoms with Crippen LogP contribution in [0.1, 0.15) is 31.2 Å². The number of hydrogen-bond acceptors (Lipinski definition) is 4. The van der Waals surface area contributed by atoms with Gasteiger partial charge in [0, 0.05) is 28.4 Å². The van der Waals surface area contributed by atoms with Gasteiger partial charge in [-0.2, -0.15) is 0 Å². The van der Waals surface area contributed by atoms with Crippen molar-refractivity contribution >= 4 is 33.4 Å². The lowest BCUT2D eigenvalue weighted by molar-refractivity contribution is 0.0506. The summed E-state index contributed by atoms with van der Waals surface area (Å²) in [5.41, 5.74) is 6.41. The molecule has 0 aliphatic carbocycles. The molecule has 6 heteroatoms.